The number of carboxylic acid groups (broad SMARTS) is 1. The van der Waals surface area contributed by atoms with Crippen LogP contribution in [0, 0.1) is 11.8 Å². The third kappa shape index (κ3) is 3.62. The number of carbonyl (C=O) groups is 2. The fourth-order valence-corrected chi connectivity index (χ4v) is 2.58. The highest BCUT2D eigenvalue weighted by Crippen LogP contribution is 2.29. The molecule has 2 rings (SSSR count). The zero-order valence-electron chi connectivity index (χ0n) is 10.8. The van der Waals surface area contributed by atoms with Gasteiger partial charge in [0.1, 0.15) is 19.5 Å². The molecule has 106 valence electrons. The third-order valence-corrected chi connectivity index (χ3v) is 3.62. The van der Waals surface area contributed by atoms with Crippen LogP contribution in [0.5, 0.6) is 0 Å². The van der Waals surface area contributed by atoms with Gasteiger partial charge in [-0.05, 0) is 18.8 Å². The van der Waals surface area contributed by atoms with Crippen molar-refractivity contribution in [3.05, 3.63) is 12.0 Å². The van der Waals surface area contributed by atoms with E-state index >= 15 is 0 Å². The maximum Gasteiger partial charge on any atom is 0.306 e. The molecule has 6 heteroatoms. The smallest absolute Gasteiger partial charge is 0.306 e. The van der Waals surface area contributed by atoms with Gasteiger partial charge < -0.3 is 19.9 Å². The minimum absolute atomic E-state index is 0.000286. The largest absolute Gasteiger partial charge is 0.494 e. The first kappa shape index (κ1) is 13.7. The van der Waals surface area contributed by atoms with Gasteiger partial charge in [0.05, 0.1) is 5.92 Å². The summed E-state index contributed by atoms with van der Waals surface area (Å²) < 4.78 is 10.2. The second kappa shape index (κ2) is 6.45. The number of nitrogens with one attached hydrogen (secondary N) is 1. The molecule has 0 aromatic rings. The molecule has 0 radical (unpaired) electrons. The van der Waals surface area contributed by atoms with Gasteiger partial charge in [0, 0.05) is 6.54 Å². The molecule has 1 aliphatic carbocycles. The average molecular weight is 269 g/mol. The lowest BCUT2D eigenvalue weighted by Gasteiger charge is -2.28. The number of aliphatic carboxylic acids is 1. The van der Waals surface area contributed by atoms with Gasteiger partial charge in [-0.25, -0.2) is 0 Å². The normalized spacial score (nSPS) is 26.6. The Morgan fingerprint density at radius 1 is 1.32 bits per heavy atom. The van der Waals surface area contributed by atoms with Gasteiger partial charge in [-0.3, -0.25) is 9.59 Å². The first-order valence-corrected chi connectivity index (χ1v) is 6.64. The second-order valence-corrected chi connectivity index (χ2v) is 4.90. The predicted octanol–water partition coefficient (Wildman–Crippen LogP) is 0.882. The summed E-state index contributed by atoms with van der Waals surface area (Å²) in [6.07, 6.45) is 4.80. The van der Waals surface area contributed by atoms with E-state index in [4.69, 9.17) is 14.6 Å². The first-order chi connectivity index (χ1) is 9.18. The van der Waals surface area contributed by atoms with Crippen LogP contribution in [-0.4, -0.2) is 36.7 Å². The average Bonchev–Trinajstić information content (AvgIpc) is 2.46. The Bertz CT molecular complexity index is 379. The van der Waals surface area contributed by atoms with Crippen molar-refractivity contribution in [3.63, 3.8) is 0 Å². The molecule has 6 nitrogen and oxygen atoms in total. The van der Waals surface area contributed by atoms with E-state index < -0.39 is 5.97 Å². The number of rotatable bonds is 4. The summed E-state index contributed by atoms with van der Waals surface area (Å²) in [6, 6.07) is 0. The Balaban J connectivity index is 1.84. The summed E-state index contributed by atoms with van der Waals surface area (Å²) >= 11 is 0. The number of carboxylic acids is 1. The molecule has 2 atom stereocenters. The summed E-state index contributed by atoms with van der Waals surface area (Å²) in [5, 5.41) is 11.9. The van der Waals surface area contributed by atoms with Gasteiger partial charge in [-0.2, -0.15) is 0 Å². The summed E-state index contributed by atoms with van der Waals surface area (Å²) in [4.78, 5) is 22.9. The molecule has 1 saturated carbocycles. The molecule has 0 bridgehead atoms. The Kier molecular flexibility index (Phi) is 4.65. The van der Waals surface area contributed by atoms with Crippen LogP contribution in [0.25, 0.3) is 0 Å². The molecule has 19 heavy (non-hydrogen) atoms. The Morgan fingerprint density at radius 3 is 2.79 bits per heavy atom. The summed E-state index contributed by atoms with van der Waals surface area (Å²) in [7, 11) is 0. The highest BCUT2D eigenvalue weighted by atomic mass is 16.6. The van der Waals surface area contributed by atoms with Crippen molar-refractivity contribution in [1.29, 1.82) is 0 Å². The van der Waals surface area contributed by atoms with Crippen LogP contribution in [-0.2, 0) is 19.1 Å². The second-order valence-electron chi connectivity index (χ2n) is 4.90. The molecule has 2 aliphatic rings. The summed E-state index contributed by atoms with van der Waals surface area (Å²) in [5.74, 6) is -1.30. The monoisotopic (exact) mass is 269 g/mol. The van der Waals surface area contributed by atoms with Gasteiger partial charge in [-0.15, -0.1) is 0 Å². The molecule has 0 spiro atoms. The van der Waals surface area contributed by atoms with Crippen molar-refractivity contribution in [1.82, 2.24) is 5.32 Å². The zero-order chi connectivity index (χ0) is 13.7. The van der Waals surface area contributed by atoms with E-state index in [-0.39, 0.29) is 23.5 Å². The van der Waals surface area contributed by atoms with Crippen LogP contribution in [0.2, 0.25) is 0 Å². The van der Waals surface area contributed by atoms with Gasteiger partial charge >= 0.3 is 5.97 Å². The van der Waals surface area contributed by atoms with Crippen LogP contribution in [0.4, 0.5) is 0 Å². The van der Waals surface area contributed by atoms with E-state index in [9.17, 15) is 9.59 Å². The van der Waals surface area contributed by atoms with E-state index in [1.165, 1.54) is 6.26 Å². The third-order valence-electron chi connectivity index (χ3n) is 3.62. The maximum atomic E-state index is 11.8. The highest BCUT2D eigenvalue weighted by molar-refractivity contribution is 5.91. The topological polar surface area (TPSA) is 84.9 Å². The van der Waals surface area contributed by atoms with Gasteiger partial charge in [0.25, 0.3) is 5.91 Å². The van der Waals surface area contributed by atoms with Crippen LogP contribution in [0.3, 0.4) is 0 Å². The van der Waals surface area contributed by atoms with E-state index in [1.54, 1.807) is 0 Å². The lowest BCUT2D eigenvalue weighted by Crippen LogP contribution is -2.38. The molecule has 2 unspecified atom stereocenters. The number of carbonyl (C=O) groups excluding carboxylic acids is 1. The number of hydrogen-bond donors (Lipinski definition) is 2. The predicted molar refractivity (Wildman–Crippen MR) is 66.1 cm³/mol. The lowest BCUT2D eigenvalue weighted by atomic mass is 9.79. The van der Waals surface area contributed by atoms with Crippen LogP contribution in [0.15, 0.2) is 12.0 Å². The SMILES string of the molecule is O=C(NCC1CCCCC1C(=O)O)C1=COCCO1. The van der Waals surface area contributed by atoms with Crippen molar-refractivity contribution < 1.29 is 24.2 Å². The Morgan fingerprint density at radius 2 is 2.11 bits per heavy atom. The number of amides is 1. The Hall–Kier alpha value is -1.72. The standard InChI is InChI=1S/C13H19NO5/c15-12(11-8-18-5-6-19-11)14-7-9-3-1-2-4-10(9)13(16)17/h8-10H,1-7H2,(H,14,15)(H,16,17). The molecular weight excluding hydrogens is 250 g/mol. The lowest BCUT2D eigenvalue weighted by molar-refractivity contribution is -0.145. The van der Waals surface area contributed by atoms with E-state index in [1.807, 2.05) is 0 Å². The maximum absolute atomic E-state index is 11.8. The van der Waals surface area contributed by atoms with Crippen molar-refractivity contribution in [3.8, 4) is 0 Å². The fourth-order valence-electron chi connectivity index (χ4n) is 2.58. The molecule has 0 aromatic carbocycles. The van der Waals surface area contributed by atoms with E-state index in [2.05, 4.69) is 5.32 Å². The van der Waals surface area contributed by atoms with Crippen molar-refractivity contribution in [2.75, 3.05) is 19.8 Å². The quantitative estimate of drug-likeness (QED) is 0.791. The number of hydrogen-bond acceptors (Lipinski definition) is 4. The molecule has 0 saturated heterocycles. The fraction of sp³-hybridized carbons (Fsp3) is 0.692. The molecular formula is C13H19NO5. The molecule has 1 aliphatic heterocycles. The van der Waals surface area contributed by atoms with Crippen LogP contribution < -0.4 is 5.32 Å². The molecule has 2 N–H and O–H groups in total. The number of ether oxygens (including phenoxy) is 2. The van der Waals surface area contributed by atoms with Crippen molar-refractivity contribution in [2.45, 2.75) is 25.7 Å². The minimum Gasteiger partial charge on any atom is -0.494 e. The van der Waals surface area contributed by atoms with Crippen molar-refractivity contribution in [2.24, 2.45) is 11.8 Å². The summed E-state index contributed by atoms with van der Waals surface area (Å²) in [5.41, 5.74) is 0. The highest BCUT2D eigenvalue weighted by Gasteiger charge is 2.31. The van der Waals surface area contributed by atoms with E-state index in [0.29, 0.717) is 26.2 Å². The molecule has 1 heterocycles. The van der Waals surface area contributed by atoms with Gasteiger partial charge in [-0.1, -0.05) is 12.8 Å². The molecule has 0 aromatic heterocycles. The van der Waals surface area contributed by atoms with Crippen LogP contribution in [0.1, 0.15) is 25.7 Å². The van der Waals surface area contributed by atoms with E-state index in [0.717, 1.165) is 19.3 Å². The van der Waals surface area contributed by atoms with Gasteiger partial charge in [0.15, 0.2) is 0 Å². The molecule has 1 amide bonds. The van der Waals surface area contributed by atoms with Crippen molar-refractivity contribution >= 4 is 11.9 Å². The molecule has 1 fully saturated rings. The summed E-state index contributed by atoms with van der Waals surface area (Å²) in [6.45, 7) is 1.18. The zero-order valence-corrected chi connectivity index (χ0v) is 10.8. The van der Waals surface area contributed by atoms with Gasteiger partial charge in [0.2, 0.25) is 5.76 Å². The Labute approximate surface area is 111 Å². The first-order valence-electron chi connectivity index (χ1n) is 6.64. The van der Waals surface area contributed by atoms with Crippen LogP contribution >= 0.6 is 0 Å². The minimum atomic E-state index is -0.768.